The van der Waals surface area contributed by atoms with Crippen molar-refractivity contribution in [1.82, 2.24) is 9.97 Å². The summed E-state index contributed by atoms with van der Waals surface area (Å²) in [5, 5.41) is 5.43. The molecule has 0 aliphatic heterocycles. The van der Waals surface area contributed by atoms with E-state index in [1.807, 2.05) is 43.5 Å². The van der Waals surface area contributed by atoms with Crippen molar-refractivity contribution in [3.05, 3.63) is 64.8 Å². The zero-order chi connectivity index (χ0) is 16.2. The quantitative estimate of drug-likeness (QED) is 0.789. The summed E-state index contributed by atoms with van der Waals surface area (Å²) in [6, 6.07) is 9.93. The van der Waals surface area contributed by atoms with Gasteiger partial charge in [0.25, 0.3) is 0 Å². The Morgan fingerprint density at radius 1 is 1.17 bits per heavy atom. The number of aryl methyl sites for hydroxylation is 2. The largest absolute Gasteiger partial charge is 0.302 e. The molecular formula is C18H17N3OS. The van der Waals surface area contributed by atoms with Crippen LogP contribution in [0.2, 0.25) is 0 Å². The summed E-state index contributed by atoms with van der Waals surface area (Å²) in [5.41, 5.74) is 5.22. The topological polar surface area (TPSA) is 54.9 Å². The molecule has 1 aromatic carbocycles. The molecule has 0 radical (unpaired) electrons. The number of carbonyl (C=O) groups is 1. The Kier molecular flexibility index (Phi) is 4.48. The van der Waals surface area contributed by atoms with Crippen molar-refractivity contribution < 1.29 is 4.79 Å². The van der Waals surface area contributed by atoms with E-state index in [4.69, 9.17) is 0 Å². The lowest BCUT2D eigenvalue weighted by Crippen LogP contribution is -2.14. The number of nitrogens with one attached hydrogen (secondary N) is 1. The van der Waals surface area contributed by atoms with Gasteiger partial charge in [-0.25, -0.2) is 4.98 Å². The Labute approximate surface area is 139 Å². The van der Waals surface area contributed by atoms with Crippen molar-refractivity contribution in [2.24, 2.45) is 0 Å². The van der Waals surface area contributed by atoms with Crippen LogP contribution in [0.5, 0.6) is 0 Å². The lowest BCUT2D eigenvalue weighted by Gasteiger charge is -2.06. The van der Waals surface area contributed by atoms with E-state index in [9.17, 15) is 4.79 Å². The van der Waals surface area contributed by atoms with Gasteiger partial charge >= 0.3 is 0 Å². The number of pyridine rings is 1. The average Bonchev–Trinajstić information content (AvgIpc) is 2.99. The van der Waals surface area contributed by atoms with Gasteiger partial charge in [-0.3, -0.25) is 9.78 Å². The molecule has 5 heteroatoms. The predicted octanol–water partition coefficient (Wildman–Crippen LogP) is 4.00. The minimum atomic E-state index is -0.0485. The highest BCUT2D eigenvalue weighted by Gasteiger charge is 2.10. The van der Waals surface area contributed by atoms with Gasteiger partial charge in [0, 0.05) is 23.3 Å². The van der Waals surface area contributed by atoms with E-state index >= 15 is 0 Å². The smallest absolute Gasteiger partial charge is 0.230 e. The van der Waals surface area contributed by atoms with Gasteiger partial charge in [-0.05, 0) is 37.1 Å². The maximum Gasteiger partial charge on any atom is 0.230 e. The number of amides is 1. The zero-order valence-corrected chi connectivity index (χ0v) is 13.9. The van der Waals surface area contributed by atoms with E-state index in [2.05, 4.69) is 21.4 Å². The molecule has 3 rings (SSSR count). The van der Waals surface area contributed by atoms with Crippen LogP contribution < -0.4 is 5.32 Å². The molecule has 0 fully saturated rings. The van der Waals surface area contributed by atoms with Gasteiger partial charge in [-0.2, -0.15) is 0 Å². The number of rotatable bonds is 4. The highest BCUT2D eigenvalue weighted by Crippen LogP contribution is 2.24. The third kappa shape index (κ3) is 3.81. The van der Waals surface area contributed by atoms with E-state index in [1.165, 1.54) is 16.9 Å². The lowest BCUT2D eigenvalue weighted by atomic mass is 10.0. The van der Waals surface area contributed by atoms with Crippen LogP contribution in [0.25, 0.3) is 11.3 Å². The molecule has 0 aliphatic rings. The number of anilines is 1. The van der Waals surface area contributed by atoms with E-state index in [-0.39, 0.29) is 5.91 Å². The maximum atomic E-state index is 12.2. The number of carbonyl (C=O) groups excluding carboxylic acids is 1. The van der Waals surface area contributed by atoms with Crippen LogP contribution in [-0.4, -0.2) is 15.9 Å². The molecule has 1 amide bonds. The van der Waals surface area contributed by atoms with Crippen molar-refractivity contribution >= 4 is 22.4 Å². The molecule has 0 aliphatic carbocycles. The number of benzene rings is 1. The van der Waals surface area contributed by atoms with E-state index in [0.717, 1.165) is 22.4 Å². The number of aromatic nitrogens is 2. The normalized spacial score (nSPS) is 10.5. The summed E-state index contributed by atoms with van der Waals surface area (Å²) in [6.45, 7) is 4.08. The van der Waals surface area contributed by atoms with Crippen LogP contribution in [0.4, 0.5) is 5.13 Å². The van der Waals surface area contributed by atoms with Crippen LogP contribution in [0.3, 0.4) is 0 Å². The summed E-state index contributed by atoms with van der Waals surface area (Å²) in [6.07, 6.45) is 3.82. The Bertz CT molecular complexity index is 827. The molecule has 3 aromatic rings. The van der Waals surface area contributed by atoms with E-state index in [1.54, 1.807) is 12.4 Å². The number of thiazole rings is 1. The number of nitrogens with zero attached hydrogens (tertiary/aromatic N) is 2. The molecule has 1 N–H and O–H groups in total. The van der Waals surface area contributed by atoms with Crippen molar-refractivity contribution in [3.63, 3.8) is 0 Å². The molecule has 2 heterocycles. The SMILES string of the molecule is Cc1ccc(CC(=O)Nc2nc(-c3ccncc3)cs2)c(C)c1. The molecule has 23 heavy (non-hydrogen) atoms. The van der Waals surface area contributed by atoms with Gasteiger partial charge in [0.1, 0.15) is 0 Å². The summed E-state index contributed by atoms with van der Waals surface area (Å²) in [7, 11) is 0. The summed E-state index contributed by atoms with van der Waals surface area (Å²) < 4.78 is 0. The molecule has 116 valence electrons. The van der Waals surface area contributed by atoms with Crippen LogP contribution in [0, 0.1) is 13.8 Å². The fraction of sp³-hybridized carbons (Fsp3) is 0.167. The fourth-order valence-corrected chi connectivity index (χ4v) is 3.10. The van der Waals surface area contributed by atoms with E-state index in [0.29, 0.717) is 11.6 Å². The van der Waals surface area contributed by atoms with Crippen molar-refractivity contribution in [3.8, 4) is 11.3 Å². The Morgan fingerprint density at radius 2 is 1.96 bits per heavy atom. The highest BCUT2D eigenvalue weighted by atomic mass is 32.1. The first-order valence-corrected chi connectivity index (χ1v) is 8.22. The van der Waals surface area contributed by atoms with Crippen molar-refractivity contribution in [2.75, 3.05) is 5.32 Å². The second-order valence-electron chi connectivity index (χ2n) is 5.43. The van der Waals surface area contributed by atoms with Crippen LogP contribution in [0.15, 0.2) is 48.1 Å². The Morgan fingerprint density at radius 3 is 2.70 bits per heavy atom. The summed E-state index contributed by atoms with van der Waals surface area (Å²) in [4.78, 5) is 20.7. The molecule has 0 saturated heterocycles. The van der Waals surface area contributed by atoms with Gasteiger partial charge in [0.05, 0.1) is 12.1 Å². The third-order valence-corrected chi connectivity index (χ3v) is 4.33. The van der Waals surface area contributed by atoms with Gasteiger partial charge in [0.2, 0.25) is 5.91 Å². The molecule has 0 bridgehead atoms. The first-order valence-electron chi connectivity index (χ1n) is 7.34. The summed E-state index contributed by atoms with van der Waals surface area (Å²) >= 11 is 1.43. The number of hydrogen-bond acceptors (Lipinski definition) is 4. The van der Waals surface area contributed by atoms with Crippen LogP contribution in [-0.2, 0) is 11.2 Å². The van der Waals surface area contributed by atoms with Crippen LogP contribution in [0.1, 0.15) is 16.7 Å². The molecule has 0 spiro atoms. The predicted molar refractivity (Wildman–Crippen MR) is 93.6 cm³/mol. The Hall–Kier alpha value is -2.53. The second-order valence-corrected chi connectivity index (χ2v) is 6.29. The molecule has 0 unspecified atom stereocenters. The van der Waals surface area contributed by atoms with Crippen molar-refractivity contribution in [1.29, 1.82) is 0 Å². The van der Waals surface area contributed by atoms with Gasteiger partial charge in [-0.15, -0.1) is 11.3 Å². The van der Waals surface area contributed by atoms with Crippen LogP contribution >= 0.6 is 11.3 Å². The molecular weight excluding hydrogens is 306 g/mol. The van der Waals surface area contributed by atoms with E-state index < -0.39 is 0 Å². The molecule has 4 nitrogen and oxygen atoms in total. The highest BCUT2D eigenvalue weighted by molar-refractivity contribution is 7.14. The first kappa shape index (κ1) is 15.4. The molecule has 0 atom stereocenters. The van der Waals surface area contributed by atoms with Gasteiger partial charge in [-0.1, -0.05) is 23.8 Å². The zero-order valence-electron chi connectivity index (χ0n) is 13.0. The molecule has 2 aromatic heterocycles. The minimum Gasteiger partial charge on any atom is -0.302 e. The standard InChI is InChI=1S/C18H17N3OS/c1-12-3-4-15(13(2)9-12)10-17(22)21-18-20-16(11-23-18)14-5-7-19-8-6-14/h3-9,11H,10H2,1-2H3,(H,20,21,22). The second kappa shape index (κ2) is 6.71. The van der Waals surface area contributed by atoms with Gasteiger partial charge < -0.3 is 5.32 Å². The monoisotopic (exact) mass is 323 g/mol. The minimum absolute atomic E-state index is 0.0485. The Balaban J connectivity index is 1.68. The maximum absolute atomic E-state index is 12.2. The first-order chi connectivity index (χ1) is 11.1. The third-order valence-electron chi connectivity index (χ3n) is 3.58. The molecule has 0 saturated carbocycles. The number of hydrogen-bond donors (Lipinski definition) is 1. The fourth-order valence-electron chi connectivity index (χ4n) is 2.37. The average molecular weight is 323 g/mol. The summed E-state index contributed by atoms with van der Waals surface area (Å²) in [5.74, 6) is -0.0485. The van der Waals surface area contributed by atoms with Gasteiger partial charge in [0.15, 0.2) is 5.13 Å². The lowest BCUT2D eigenvalue weighted by molar-refractivity contribution is -0.115. The van der Waals surface area contributed by atoms with Crippen molar-refractivity contribution in [2.45, 2.75) is 20.3 Å².